The Labute approximate surface area is 36.3 Å². The molecular formula is C4H4NO. The second kappa shape index (κ2) is 4.19. The molecular weight excluding hydrogens is 78.0 g/mol. The first-order chi connectivity index (χ1) is 2.91. The molecule has 0 spiro atoms. The highest BCUT2D eigenvalue weighted by atomic mass is 16.2. The number of rotatable bonds is 1. The van der Waals surface area contributed by atoms with Gasteiger partial charge in [0.1, 0.15) is 6.61 Å². The van der Waals surface area contributed by atoms with Gasteiger partial charge in [0.2, 0.25) is 0 Å². The van der Waals surface area contributed by atoms with E-state index in [2.05, 4.69) is 0 Å². The summed E-state index contributed by atoms with van der Waals surface area (Å²) in [7, 11) is 0. The van der Waals surface area contributed by atoms with Crippen molar-refractivity contribution in [1.29, 1.82) is 5.26 Å². The maximum atomic E-state index is 9.45. The summed E-state index contributed by atoms with van der Waals surface area (Å²) in [4.78, 5) is 0. The fraction of sp³-hybridized carbons (Fsp3) is 0.250. The Balaban J connectivity index is 3.02. The predicted molar refractivity (Wildman–Crippen MR) is 20.3 cm³/mol. The zero-order chi connectivity index (χ0) is 4.83. The molecule has 0 aromatic heterocycles. The lowest BCUT2D eigenvalue weighted by molar-refractivity contribution is 0.232. The van der Waals surface area contributed by atoms with Crippen molar-refractivity contribution in [3.8, 4) is 6.07 Å². The molecule has 0 rings (SSSR count). The van der Waals surface area contributed by atoms with Crippen molar-refractivity contribution in [1.82, 2.24) is 0 Å². The molecule has 2 heteroatoms. The van der Waals surface area contributed by atoms with E-state index in [1.165, 1.54) is 12.2 Å². The van der Waals surface area contributed by atoms with Crippen LogP contribution in [0.25, 0.3) is 0 Å². The van der Waals surface area contributed by atoms with Crippen LogP contribution in [0.15, 0.2) is 12.2 Å². The first-order valence-corrected chi connectivity index (χ1v) is 1.54. The monoisotopic (exact) mass is 82.0 g/mol. The molecule has 0 saturated carbocycles. The maximum Gasteiger partial charge on any atom is 0.101 e. The van der Waals surface area contributed by atoms with E-state index in [0.717, 1.165) is 0 Å². The van der Waals surface area contributed by atoms with E-state index in [1.54, 1.807) is 6.07 Å². The minimum absolute atomic E-state index is 0.298. The summed E-state index contributed by atoms with van der Waals surface area (Å²) in [6.07, 6.45) is 2.44. The van der Waals surface area contributed by atoms with Gasteiger partial charge in [-0.1, -0.05) is 0 Å². The SMILES string of the molecule is N#C/C=C/C[O]. The van der Waals surface area contributed by atoms with Gasteiger partial charge in [0, 0.05) is 6.08 Å². The van der Waals surface area contributed by atoms with Crippen molar-refractivity contribution >= 4 is 0 Å². The standard InChI is InChI=1S/C4H4NO/c5-3-1-2-4-6/h1-2H,4H2/b2-1+. The molecule has 31 valence electrons. The Morgan fingerprint density at radius 3 is 2.67 bits per heavy atom. The zero-order valence-corrected chi connectivity index (χ0v) is 3.22. The Bertz CT molecular complexity index is 80.0. The van der Waals surface area contributed by atoms with Crippen LogP contribution < -0.4 is 0 Å². The fourth-order valence-electron chi connectivity index (χ4n) is 0.101. The van der Waals surface area contributed by atoms with Crippen molar-refractivity contribution in [2.24, 2.45) is 0 Å². The Morgan fingerprint density at radius 1 is 1.83 bits per heavy atom. The summed E-state index contributed by atoms with van der Waals surface area (Å²) in [5.74, 6) is 0. The van der Waals surface area contributed by atoms with Crippen molar-refractivity contribution < 1.29 is 5.11 Å². The van der Waals surface area contributed by atoms with Gasteiger partial charge in [0.15, 0.2) is 0 Å². The molecule has 0 bridgehead atoms. The van der Waals surface area contributed by atoms with E-state index in [4.69, 9.17) is 5.26 Å². The molecule has 0 amide bonds. The minimum Gasteiger partial charge on any atom is -0.232 e. The van der Waals surface area contributed by atoms with E-state index < -0.39 is 0 Å². The third-order valence-electron chi connectivity index (χ3n) is 0.289. The summed E-state index contributed by atoms with van der Waals surface area (Å²) in [5, 5.41) is 17.2. The van der Waals surface area contributed by atoms with Crippen LogP contribution in [0.1, 0.15) is 0 Å². The van der Waals surface area contributed by atoms with Gasteiger partial charge in [-0.3, -0.25) is 0 Å². The van der Waals surface area contributed by atoms with Gasteiger partial charge in [-0.2, -0.15) is 5.26 Å². The minimum atomic E-state index is -0.298. The second-order valence-corrected chi connectivity index (χ2v) is 0.698. The lowest BCUT2D eigenvalue weighted by Crippen LogP contribution is -1.63. The third-order valence-corrected chi connectivity index (χ3v) is 0.289. The van der Waals surface area contributed by atoms with Crippen molar-refractivity contribution in [2.75, 3.05) is 6.61 Å². The third kappa shape index (κ3) is 3.19. The molecule has 0 aliphatic rings. The molecule has 0 fully saturated rings. The Kier molecular flexibility index (Phi) is 3.62. The van der Waals surface area contributed by atoms with Crippen LogP contribution in [0.2, 0.25) is 0 Å². The molecule has 0 aliphatic carbocycles. The number of nitrogens with zero attached hydrogens (tertiary/aromatic N) is 1. The average molecular weight is 82.1 g/mol. The number of nitriles is 1. The number of hydrogen-bond acceptors (Lipinski definition) is 1. The molecule has 2 nitrogen and oxygen atoms in total. The summed E-state index contributed by atoms with van der Waals surface area (Å²) < 4.78 is 0. The van der Waals surface area contributed by atoms with Crippen LogP contribution in [0, 0.1) is 11.3 Å². The molecule has 1 radical (unpaired) electrons. The van der Waals surface area contributed by atoms with Crippen LogP contribution in [0.5, 0.6) is 0 Å². The van der Waals surface area contributed by atoms with Crippen LogP contribution in [-0.4, -0.2) is 6.61 Å². The second-order valence-electron chi connectivity index (χ2n) is 0.698. The molecule has 0 heterocycles. The summed E-state index contributed by atoms with van der Waals surface area (Å²) in [6.45, 7) is -0.298. The number of allylic oxidation sites excluding steroid dienone is 1. The van der Waals surface area contributed by atoms with Crippen LogP contribution >= 0.6 is 0 Å². The van der Waals surface area contributed by atoms with Crippen molar-refractivity contribution in [3.05, 3.63) is 12.2 Å². The highest BCUT2D eigenvalue weighted by Gasteiger charge is 1.60. The van der Waals surface area contributed by atoms with Crippen molar-refractivity contribution in [2.45, 2.75) is 0 Å². The normalized spacial score (nSPS) is 8.67. The lowest BCUT2D eigenvalue weighted by Gasteiger charge is -1.60. The van der Waals surface area contributed by atoms with E-state index >= 15 is 0 Å². The quantitative estimate of drug-likeness (QED) is 0.424. The molecule has 0 atom stereocenters. The first-order valence-electron chi connectivity index (χ1n) is 1.54. The molecule has 0 saturated heterocycles. The van der Waals surface area contributed by atoms with Gasteiger partial charge in [-0.25, -0.2) is 5.11 Å². The smallest absolute Gasteiger partial charge is 0.101 e. The summed E-state index contributed by atoms with van der Waals surface area (Å²) >= 11 is 0. The predicted octanol–water partition coefficient (Wildman–Crippen LogP) is 0.497. The van der Waals surface area contributed by atoms with Crippen LogP contribution in [-0.2, 0) is 5.11 Å². The van der Waals surface area contributed by atoms with E-state index in [9.17, 15) is 5.11 Å². The van der Waals surface area contributed by atoms with E-state index in [-0.39, 0.29) is 6.61 Å². The summed E-state index contributed by atoms with van der Waals surface area (Å²) in [6, 6.07) is 1.69. The zero-order valence-electron chi connectivity index (χ0n) is 3.22. The largest absolute Gasteiger partial charge is 0.232 e. The fourth-order valence-corrected chi connectivity index (χ4v) is 0.101. The average Bonchev–Trinajstić information content (AvgIpc) is 1.61. The topological polar surface area (TPSA) is 43.7 Å². The van der Waals surface area contributed by atoms with Gasteiger partial charge in [0.25, 0.3) is 0 Å². The molecule has 0 unspecified atom stereocenters. The number of hydrogen-bond donors (Lipinski definition) is 0. The van der Waals surface area contributed by atoms with Gasteiger partial charge in [-0.05, 0) is 6.08 Å². The molecule has 0 N–H and O–H groups in total. The molecule has 6 heavy (non-hydrogen) atoms. The molecule has 0 aliphatic heterocycles. The van der Waals surface area contributed by atoms with Gasteiger partial charge in [-0.15, -0.1) is 0 Å². The molecule has 0 aromatic rings. The lowest BCUT2D eigenvalue weighted by atomic mass is 10.5. The maximum absolute atomic E-state index is 9.45. The van der Waals surface area contributed by atoms with Gasteiger partial charge < -0.3 is 0 Å². The van der Waals surface area contributed by atoms with E-state index in [0.29, 0.717) is 0 Å². The van der Waals surface area contributed by atoms with E-state index in [1.807, 2.05) is 0 Å². The highest BCUT2D eigenvalue weighted by molar-refractivity contribution is 5.00. The summed E-state index contributed by atoms with van der Waals surface area (Å²) in [5.41, 5.74) is 0. The Morgan fingerprint density at radius 2 is 2.50 bits per heavy atom. The van der Waals surface area contributed by atoms with Gasteiger partial charge >= 0.3 is 0 Å². The van der Waals surface area contributed by atoms with Crippen LogP contribution in [0.4, 0.5) is 0 Å². The van der Waals surface area contributed by atoms with Gasteiger partial charge in [0.05, 0.1) is 6.07 Å². The van der Waals surface area contributed by atoms with Crippen molar-refractivity contribution in [3.63, 3.8) is 0 Å². The first kappa shape index (κ1) is 5.19. The molecule has 0 aromatic carbocycles. The Hall–Kier alpha value is -0.810. The van der Waals surface area contributed by atoms with Crippen LogP contribution in [0.3, 0.4) is 0 Å². The highest BCUT2D eigenvalue weighted by Crippen LogP contribution is 1.62.